The fraction of sp³-hybridized carbons (Fsp3) is 0.364. The SMILES string of the molecule is CCNC(=NCCc1cn2cccc(C)c2n1)Nc1ccc2c(c1)OCCCO2.I. The highest BCUT2D eigenvalue weighted by Crippen LogP contribution is 2.32. The lowest BCUT2D eigenvalue weighted by Gasteiger charge is -2.13. The van der Waals surface area contributed by atoms with Crippen molar-refractivity contribution >= 4 is 41.3 Å². The molecule has 0 aliphatic carbocycles. The standard InChI is InChI=1S/C22H27N5O2.HI/c1-3-23-22(26-17-7-8-19-20(14-17)29-13-5-12-28-19)24-10-9-18-15-27-11-4-6-16(2)21(27)25-18;/h4,6-8,11,14-15H,3,5,9-10,12-13H2,1-2H3,(H2,23,24,26);1H. The van der Waals surface area contributed by atoms with Crippen molar-refractivity contribution in [2.24, 2.45) is 4.99 Å². The molecular weight excluding hydrogens is 493 g/mol. The van der Waals surface area contributed by atoms with Crippen LogP contribution in [0.15, 0.2) is 47.7 Å². The first-order valence-corrected chi connectivity index (χ1v) is 10.1. The van der Waals surface area contributed by atoms with E-state index in [1.807, 2.05) is 30.5 Å². The van der Waals surface area contributed by atoms with Crippen molar-refractivity contribution < 1.29 is 9.47 Å². The van der Waals surface area contributed by atoms with Gasteiger partial charge in [-0.2, -0.15) is 0 Å². The molecule has 30 heavy (non-hydrogen) atoms. The third-order valence-corrected chi connectivity index (χ3v) is 4.72. The Morgan fingerprint density at radius 1 is 1.20 bits per heavy atom. The molecule has 1 aliphatic heterocycles. The van der Waals surface area contributed by atoms with E-state index in [0.29, 0.717) is 19.8 Å². The number of benzene rings is 1. The molecule has 1 aromatic carbocycles. The Morgan fingerprint density at radius 2 is 2.03 bits per heavy atom. The van der Waals surface area contributed by atoms with E-state index in [-0.39, 0.29) is 24.0 Å². The van der Waals surface area contributed by atoms with Gasteiger partial charge in [0.05, 0.1) is 18.9 Å². The van der Waals surface area contributed by atoms with Crippen molar-refractivity contribution in [2.75, 3.05) is 31.6 Å². The van der Waals surface area contributed by atoms with Crippen molar-refractivity contribution in [3.8, 4) is 11.5 Å². The Labute approximate surface area is 193 Å². The summed E-state index contributed by atoms with van der Waals surface area (Å²) in [4.78, 5) is 9.42. The number of fused-ring (bicyclic) bond motifs is 2. The van der Waals surface area contributed by atoms with Gasteiger partial charge in [0.15, 0.2) is 17.5 Å². The summed E-state index contributed by atoms with van der Waals surface area (Å²) in [7, 11) is 0. The molecular formula is C22H28IN5O2. The lowest BCUT2D eigenvalue weighted by atomic mass is 10.2. The molecule has 3 heterocycles. The monoisotopic (exact) mass is 521 g/mol. The van der Waals surface area contributed by atoms with Crippen LogP contribution in [0.2, 0.25) is 0 Å². The molecule has 0 fully saturated rings. The number of halogens is 1. The number of nitrogens with zero attached hydrogens (tertiary/aromatic N) is 3. The molecule has 2 N–H and O–H groups in total. The van der Waals surface area contributed by atoms with Crippen molar-refractivity contribution in [2.45, 2.75) is 26.7 Å². The molecule has 3 aromatic rings. The maximum absolute atomic E-state index is 5.77. The molecule has 2 aromatic heterocycles. The zero-order valence-electron chi connectivity index (χ0n) is 17.4. The summed E-state index contributed by atoms with van der Waals surface area (Å²) in [5, 5.41) is 6.64. The highest BCUT2D eigenvalue weighted by atomic mass is 127. The molecule has 8 heteroatoms. The minimum atomic E-state index is 0. The van der Waals surface area contributed by atoms with Gasteiger partial charge in [0, 0.05) is 50.1 Å². The van der Waals surface area contributed by atoms with Crippen LogP contribution < -0.4 is 20.1 Å². The summed E-state index contributed by atoms with van der Waals surface area (Å²) in [6.45, 7) is 6.91. The summed E-state index contributed by atoms with van der Waals surface area (Å²) < 4.78 is 13.5. The van der Waals surface area contributed by atoms with Crippen LogP contribution >= 0.6 is 24.0 Å². The zero-order valence-corrected chi connectivity index (χ0v) is 19.7. The predicted molar refractivity (Wildman–Crippen MR) is 131 cm³/mol. The number of hydrogen-bond acceptors (Lipinski definition) is 4. The van der Waals surface area contributed by atoms with E-state index in [9.17, 15) is 0 Å². The third-order valence-electron chi connectivity index (χ3n) is 4.72. The second-order valence-electron chi connectivity index (χ2n) is 7.00. The molecule has 0 bridgehead atoms. The van der Waals surface area contributed by atoms with E-state index in [0.717, 1.165) is 53.9 Å². The van der Waals surface area contributed by atoms with E-state index >= 15 is 0 Å². The Kier molecular flexibility index (Phi) is 7.78. The molecule has 7 nitrogen and oxygen atoms in total. The number of aryl methyl sites for hydroxylation is 1. The summed E-state index contributed by atoms with van der Waals surface area (Å²) in [5.74, 6) is 2.29. The van der Waals surface area contributed by atoms with E-state index in [2.05, 4.69) is 41.1 Å². The molecule has 0 saturated carbocycles. The Hall–Kier alpha value is -2.49. The summed E-state index contributed by atoms with van der Waals surface area (Å²) in [5.41, 5.74) is 4.13. The molecule has 1 aliphatic rings. The number of imidazole rings is 1. The van der Waals surface area contributed by atoms with Crippen LogP contribution in [-0.2, 0) is 6.42 Å². The van der Waals surface area contributed by atoms with Crippen molar-refractivity contribution in [3.05, 3.63) is 54.0 Å². The maximum atomic E-state index is 5.77. The van der Waals surface area contributed by atoms with Gasteiger partial charge in [0.2, 0.25) is 0 Å². The lowest BCUT2D eigenvalue weighted by molar-refractivity contribution is 0.297. The molecule has 160 valence electrons. The Balaban J connectivity index is 0.00000256. The summed E-state index contributed by atoms with van der Waals surface area (Å²) in [6, 6.07) is 9.98. The van der Waals surface area contributed by atoms with Gasteiger partial charge < -0.3 is 24.5 Å². The smallest absolute Gasteiger partial charge is 0.195 e. The van der Waals surface area contributed by atoms with E-state index in [1.54, 1.807) is 0 Å². The Morgan fingerprint density at radius 3 is 2.83 bits per heavy atom. The van der Waals surface area contributed by atoms with Crippen LogP contribution in [0.4, 0.5) is 5.69 Å². The number of aromatic nitrogens is 2. The van der Waals surface area contributed by atoms with Gasteiger partial charge in [0.1, 0.15) is 5.65 Å². The number of anilines is 1. The Bertz CT molecular complexity index is 1020. The van der Waals surface area contributed by atoms with Crippen LogP contribution in [-0.4, -0.2) is 41.6 Å². The average molecular weight is 521 g/mol. The average Bonchev–Trinajstić information content (AvgIpc) is 2.99. The minimum Gasteiger partial charge on any atom is -0.490 e. The predicted octanol–water partition coefficient (Wildman–Crippen LogP) is 4.04. The first-order chi connectivity index (χ1) is 14.2. The first kappa shape index (κ1) is 22.2. The molecule has 0 saturated heterocycles. The largest absolute Gasteiger partial charge is 0.490 e. The van der Waals surface area contributed by atoms with Gasteiger partial charge in [-0.15, -0.1) is 24.0 Å². The highest BCUT2D eigenvalue weighted by molar-refractivity contribution is 14.0. The number of rotatable bonds is 5. The number of pyridine rings is 1. The molecule has 0 spiro atoms. The van der Waals surface area contributed by atoms with Crippen LogP contribution in [0.25, 0.3) is 5.65 Å². The highest BCUT2D eigenvalue weighted by Gasteiger charge is 2.11. The quantitative estimate of drug-likeness (QED) is 0.301. The van der Waals surface area contributed by atoms with E-state index in [4.69, 9.17) is 19.5 Å². The number of hydrogen-bond donors (Lipinski definition) is 2. The van der Waals surface area contributed by atoms with Crippen molar-refractivity contribution in [1.29, 1.82) is 0 Å². The molecule has 0 atom stereocenters. The second kappa shape index (κ2) is 10.5. The molecule has 4 rings (SSSR count). The molecule has 0 radical (unpaired) electrons. The van der Waals surface area contributed by atoms with Crippen LogP contribution in [0.5, 0.6) is 11.5 Å². The van der Waals surface area contributed by atoms with Gasteiger partial charge >= 0.3 is 0 Å². The van der Waals surface area contributed by atoms with Crippen molar-refractivity contribution in [1.82, 2.24) is 14.7 Å². The molecule has 0 amide bonds. The third kappa shape index (κ3) is 5.35. The van der Waals surface area contributed by atoms with Crippen molar-refractivity contribution in [3.63, 3.8) is 0 Å². The fourth-order valence-corrected chi connectivity index (χ4v) is 3.29. The summed E-state index contributed by atoms with van der Waals surface area (Å²) >= 11 is 0. The number of aliphatic imine (C=N–C) groups is 1. The minimum absolute atomic E-state index is 0. The fourth-order valence-electron chi connectivity index (χ4n) is 3.29. The van der Waals surface area contributed by atoms with E-state index in [1.165, 1.54) is 5.56 Å². The van der Waals surface area contributed by atoms with Gasteiger partial charge in [-0.05, 0) is 37.6 Å². The second-order valence-corrected chi connectivity index (χ2v) is 7.00. The van der Waals surface area contributed by atoms with Crippen LogP contribution in [0.3, 0.4) is 0 Å². The topological polar surface area (TPSA) is 72.2 Å². The number of ether oxygens (including phenoxy) is 2. The normalized spacial score (nSPS) is 13.5. The maximum Gasteiger partial charge on any atom is 0.195 e. The first-order valence-electron chi connectivity index (χ1n) is 10.1. The van der Waals surface area contributed by atoms with Gasteiger partial charge in [-0.3, -0.25) is 4.99 Å². The van der Waals surface area contributed by atoms with Crippen LogP contribution in [0, 0.1) is 6.92 Å². The van der Waals surface area contributed by atoms with Crippen LogP contribution in [0.1, 0.15) is 24.6 Å². The summed E-state index contributed by atoms with van der Waals surface area (Å²) in [6.07, 6.45) is 5.77. The zero-order chi connectivity index (χ0) is 20.1. The number of nitrogens with one attached hydrogen (secondary N) is 2. The van der Waals surface area contributed by atoms with Gasteiger partial charge in [0.25, 0.3) is 0 Å². The van der Waals surface area contributed by atoms with Gasteiger partial charge in [-0.1, -0.05) is 6.07 Å². The lowest BCUT2D eigenvalue weighted by Crippen LogP contribution is -2.30. The van der Waals surface area contributed by atoms with E-state index < -0.39 is 0 Å². The molecule has 0 unspecified atom stereocenters. The number of guanidine groups is 1. The van der Waals surface area contributed by atoms with Gasteiger partial charge in [-0.25, -0.2) is 4.98 Å².